The molecule has 0 aromatic rings. The molecule has 0 heterocycles. The van der Waals surface area contributed by atoms with Crippen molar-refractivity contribution in [1.29, 1.82) is 0 Å². The average Bonchev–Trinajstić information content (AvgIpc) is 2.01. The minimum absolute atomic E-state index is 0. The summed E-state index contributed by atoms with van der Waals surface area (Å²) in [7, 11) is 0. The summed E-state index contributed by atoms with van der Waals surface area (Å²) in [5.74, 6) is 0. The van der Waals surface area contributed by atoms with Crippen molar-refractivity contribution in [3.05, 3.63) is 0 Å². The molecule has 0 bridgehead atoms. The minimum atomic E-state index is -2.00. The van der Waals surface area contributed by atoms with Crippen LogP contribution in [0.1, 0.15) is 0 Å². The summed E-state index contributed by atoms with van der Waals surface area (Å²) in [4.78, 5) is 0. The van der Waals surface area contributed by atoms with Crippen LogP contribution in [0.15, 0.2) is 0 Å². The maximum atomic E-state index is 8.50. The van der Waals surface area contributed by atoms with E-state index in [1.165, 1.54) is 0 Å². The summed E-state index contributed by atoms with van der Waals surface area (Å²) < 4.78 is 42.1. The first-order valence-corrected chi connectivity index (χ1v) is 6.06. The molecule has 0 aromatic carbocycles. The first-order valence-electron chi connectivity index (χ1n) is 1.11. The molecule has 10 heavy (non-hydrogen) atoms. The summed E-state index contributed by atoms with van der Waals surface area (Å²) >= 11 is -1.52. The average molecular weight is 493 g/mol. The molecule has 5 nitrogen and oxygen atoms in total. The van der Waals surface area contributed by atoms with Crippen molar-refractivity contribution in [2.75, 3.05) is 0 Å². The Bertz CT molecular complexity index is 63.9. The second-order valence-corrected chi connectivity index (χ2v) is 0.344. The molecule has 0 aliphatic rings. The van der Waals surface area contributed by atoms with Crippen molar-refractivity contribution in [2.45, 2.75) is 0 Å². The Morgan fingerprint density at radius 1 is 1.10 bits per heavy atom. The van der Waals surface area contributed by atoms with Crippen molar-refractivity contribution in [3.8, 4) is 0 Å². The van der Waals surface area contributed by atoms with Crippen LogP contribution in [0.2, 0.25) is 0 Å². The molecule has 0 spiro atoms. The van der Waals surface area contributed by atoms with Gasteiger partial charge in [-0.15, -0.1) is 0 Å². The van der Waals surface area contributed by atoms with Crippen molar-refractivity contribution < 1.29 is 102 Å². The third-order valence-corrected chi connectivity index (χ3v) is 0. The molecule has 0 aromatic heterocycles. The third-order valence-electron chi connectivity index (χ3n) is 0. The van der Waals surface area contributed by atoms with Gasteiger partial charge in [-0.1, -0.05) is 0 Å². The zero-order valence-electron chi connectivity index (χ0n) is 4.25. The van der Waals surface area contributed by atoms with Crippen LogP contribution in [0.3, 0.4) is 0 Å². The fourth-order valence-corrected chi connectivity index (χ4v) is 0. The van der Waals surface area contributed by atoms with Gasteiger partial charge in [0.25, 0.3) is 0 Å². The van der Waals surface area contributed by atoms with Gasteiger partial charge >= 0.3 is 102 Å². The number of rotatable bonds is 0. The predicted octanol–water partition coefficient (Wildman–Crippen LogP) is -1.79. The standard InChI is InChI=1S/Al.Hf.5O.Ti.Zn.Zr.3H. The molecule has 0 unspecified atom stereocenters. The molecule has 0 rings (SSSR count). The van der Waals surface area contributed by atoms with Crippen LogP contribution in [0, 0.1) is 0 Å². The van der Waals surface area contributed by atoms with Gasteiger partial charge in [-0.05, 0) is 0 Å². The first-order chi connectivity index (χ1) is 4.41. The van der Waals surface area contributed by atoms with Crippen LogP contribution < -0.4 is 0 Å². The van der Waals surface area contributed by atoms with Crippen molar-refractivity contribution >= 4 is 17.4 Å². The van der Waals surface area contributed by atoms with Crippen LogP contribution in [-0.4, -0.2) is 17.4 Å². The second-order valence-electron chi connectivity index (χ2n) is 0.0833. The number of hydrogen-bond acceptors (Lipinski definition) is 5. The topological polar surface area (TPSA) is 85.3 Å². The Labute approximate surface area is 117 Å². The molecule has 0 fully saturated rings. The van der Waals surface area contributed by atoms with E-state index in [9.17, 15) is 0 Å². The predicted molar refractivity (Wildman–Crippen MR) is 13.4 cm³/mol. The Hall–Kier alpha value is 2.62. The summed E-state index contributed by atoms with van der Waals surface area (Å²) in [5, 5.41) is 0. The third kappa shape index (κ3) is 143. The van der Waals surface area contributed by atoms with E-state index >= 15 is 0 Å². The van der Waals surface area contributed by atoms with E-state index in [2.05, 4.69) is 0 Å². The zero-order valence-corrected chi connectivity index (χ0v) is 14.8. The Morgan fingerprint density at radius 3 is 1.10 bits per heavy atom. The van der Waals surface area contributed by atoms with E-state index in [1.54, 1.807) is 0 Å². The van der Waals surface area contributed by atoms with Crippen LogP contribution in [0.4, 0.5) is 0 Å². The van der Waals surface area contributed by atoms with Gasteiger partial charge in [0.15, 0.2) is 17.4 Å². The molecular weight excluding hydrogens is 490 g/mol. The van der Waals surface area contributed by atoms with Gasteiger partial charge in [0.05, 0.1) is 0 Å². The van der Waals surface area contributed by atoms with E-state index in [0.29, 0.717) is 24.7 Å². The van der Waals surface area contributed by atoms with Crippen LogP contribution in [0.5, 0.6) is 0 Å². The fourth-order valence-electron chi connectivity index (χ4n) is 0. The molecule has 0 amide bonds. The molecule has 0 saturated carbocycles. The van der Waals surface area contributed by atoms with E-state index in [-0.39, 0.29) is 60.0 Å². The van der Waals surface area contributed by atoms with Gasteiger partial charge in [0.1, 0.15) is 0 Å². The molecule has 0 saturated heterocycles. The van der Waals surface area contributed by atoms with Crippen LogP contribution in [-0.2, 0) is 102 Å². The first kappa shape index (κ1) is 29.3. The number of hydrogen-bond donors (Lipinski definition) is 0. The summed E-state index contributed by atoms with van der Waals surface area (Å²) in [6.07, 6.45) is 0. The Kier molecular flexibility index (Phi) is 293. The molecule has 0 N–H and O–H groups in total. The van der Waals surface area contributed by atoms with Crippen molar-refractivity contribution in [1.82, 2.24) is 0 Å². The fraction of sp³-hybridized carbons (Fsp3) is 0. The Balaban J connectivity index is -0.0000000110. The zero-order chi connectivity index (χ0) is 8.71. The van der Waals surface area contributed by atoms with Crippen molar-refractivity contribution in [2.24, 2.45) is 0 Å². The van der Waals surface area contributed by atoms with Gasteiger partial charge in [0, 0.05) is 0 Å². The molecule has 0 radical (unpaired) electrons. The molecule has 0 aliphatic heterocycles. The monoisotopic (exact) mass is 492 g/mol. The second kappa shape index (κ2) is 99.9. The molecule has 10 heteroatoms. The maximum absolute atomic E-state index is 8.50. The SMILES string of the molecule is [AlH3].[O]=[Hf].[O]=[Ti]=[O].[O]=[Zn].[O]=[Zr]. The van der Waals surface area contributed by atoms with Crippen molar-refractivity contribution in [3.63, 3.8) is 0 Å². The quantitative estimate of drug-likeness (QED) is 0.373. The summed E-state index contributed by atoms with van der Waals surface area (Å²) in [5.41, 5.74) is 0. The van der Waals surface area contributed by atoms with E-state index in [4.69, 9.17) is 15.9 Å². The van der Waals surface area contributed by atoms with E-state index in [1.807, 2.05) is 0 Å². The van der Waals surface area contributed by atoms with Gasteiger partial charge in [0.2, 0.25) is 0 Å². The van der Waals surface area contributed by atoms with E-state index < -0.39 is 19.1 Å². The molecule has 0 atom stereocenters. The van der Waals surface area contributed by atoms with E-state index in [0.717, 1.165) is 0 Å². The van der Waals surface area contributed by atoms with Gasteiger partial charge < -0.3 is 0 Å². The van der Waals surface area contributed by atoms with Crippen LogP contribution in [0.25, 0.3) is 0 Å². The van der Waals surface area contributed by atoms with Gasteiger partial charge in [-0.2, -0.15) is 0 Å². The molecule has 50 valence electrons. The van der Waals surface area contributed by atoms with Gasteiger partial charge in [-0.25, -0.2) is 0 Å². The Morgan fingerprint density at radius 2 is 1.10 bits per heavy atom. The summed E-state index contributed by atoms with van der Waals surface area (Å²) in [6.45, 7) is 0. The molecule has 0 aliphatic carbocycles. The summed E-state index contributed by atoms with van der Waals surface area (Å²) in [6, 6.07) is 0. The van der Waals surface area contributed by atoms with Crippen LogP contribution >= 0.6 is 0 Å². The molecular formula is H3AlHfO5TiZnZr. The van der Waals surface area contributed by atoms with Gasteiger partial charge in [-0.3, -0.25) is 0 Å². The normalized spacial score (nSPS) is 2.00.